The Kier molecular flexibility index (Phi) is 4.41. The van der Waals surface area contributed by atoms with Crippen LogP contribution in [0.5, 0.6) is 0 Å². The predicted octanol–water partition coefficient (Wildman–Crippen LogP) is 2.89. The molecule has 0 bridgehead atoms. The second-order valence-corrected chi connectivity index (χ2v) is 6.04. The lowest BCUT2D eigenvalue weighted by atomic mass is 9.83. The zero-order valence-electron chi connectivity index (χ0n) is 11.6. The van der Waals surface area contributed by atoms with Crippen LogP contribution in [0, 0.1) is 5.92 Å². The summed E-state index contributed by atoms with van der Waals surface area (Å²) < 4.78 is 5.40. The summed E-state index contributed by atoms with van der Waals surface area (Å²) in [5, 5.41) is 0. The SMILES string of the molecule is CC(C)(CN)c1ccc(CC2CCOCC2)cc1. The molecule has 1 saturated heterocycles. The number of nitrogens with two attached hydrogens (primary N) is 1. The number of hydrogen-bond donors (Lipinski definition) is 1. The van der Waals surface area contributed by atoms with Gasteiger partial charge >= 0.3 is 0 Å². The Bertz CT molecular complexity index is 363. The van der Waals surface area contributed by atoms with Gasteiger partial charge in [0, 0.05) is 25.2 Å². The van der Waals surface area contributed by atoms with E-state index in [-0.39, 0.29) is 5.41 Å². The monoisotopic (exact) mass is 247 g/mol. The molecule has 0 aromatic heterocycles. The number of benzene rings is 1. The Morgan fingerprint density at radius 1 is 1.17 bits per heavy atom. The van der Waals surface area contributed by atoms with Gasteiger partial charge in [0.1, 0.15) is 0 Å². The lowest BCUT2D eigenvalue weighted by Gasteiger charge is -2.24. The molecule has 0 atom stereocenters. The van der Waals surface area contributed by atoms with E-state index < -0.39 is 0 Å². The fraction of sp³-hybridized carbons (Fsp3) is 0.625. The fourth-order valence-electron chi connectivity index (χ4n) is 2.49. The van der Waals surface area contributed by atoms with Gasteiger partial charge in [-0.1, -0.05) is 38.1 Å². The zero-order chi connectivity index (χ0) is 13.0. The molecule has 1 heterocycles. The first-order valence-corrected chi connectivity index (χ1v) is 6.99. The molecule has 1 aliphatic rings. The minimum Gasteiger partial charge on any atom is -0.381 e. The molecule has 2 N–H and O–H groups in total. The Balaban J connectivity index is 1.99. The van der Waals surface area contributed by atoms with Crippen molar-refractivity contribution < 1.29 is 4.74 Å². The molecule has 0 amide bonds. The average Bonchev–Trinajstić information content (AvgIpc) is 2.40. The summed E-state index contributed by atoms with van der Waals surface area (Å²) in [5.74, 6) is 0.798. The van der Waals surface area contributed by atoms with Gasteiger partial charge in [-0.15, -0.1) is 0 Å². The number of hydrogen-bond acceptors (Lipinski definition) is 2. The average molecular weight is 247 g/mol. The van der Waals surface area contributed by atoms with Gasteiger partial charge in [-0.05, 0) is 36.3 Å². The Hall–Kier alpha value is -0.860. The highest BCUT2D eigenvalue weighted by Crippen LogP contribution is 2.24. The van der Waals surface area contributed by atoms with E-state index in [4.69, 9.17) is 10.5 Å². The molecular formula is C16H25NO. The van der Waals surface area contributed by atoms with Gasteiger partial charge in [0.15, 0.2) is 0 Å². The molecule has 1 aromatic carbocycles. The van der Waals surface area contributed by atoms with Crippen LogP contribution in [0.15, 0.2) is 24.3 Å². The van der Waals surface area contributed by atoms with Crippen molar-refractivity contribution in [3.63, 3.8) is 0 Å². The molecule has 0 spiro atoms. The van der Waals surface area contributed by atoms with Gasteiger partial charge in [0.2, 0.25) is 0 Å². The predicted molar refractivity (Wildman–Crippen MR) is 75.8 cm³/mol. The highest BCUT2D eigenvalue weighted by Gasteiger charge is 2.19. The van der Waals surface area contributed by atoms with Gasteiger partial charge < -0.3 is 10.5 Å². The molecular weight excluding hydrogens is 222 g/mol. The van der Waals surface area contributed by atoms with E-state index in [2.05, 4.69) is 38.1 Å². The normalized spacial score (nSPS) is 17.9. The first kappa shape index (κ1) is 13.6. The van der Waals surface area contributed by atoms with Crippen molar-refractivity contribution in [1.29, 1.82) is 0 Å². The van der Waals surface area contributed by atoms with Gasteiger partial charge in [0.05, 0.1) is 0 Å². The first-order chi connectivity index (χ1) is 8.62. The smallest absolute Gasteiger partial charge is 0.0468 e. The summed E-state index contributed by atoms with van der Waals surface area (Å²) in [5.41, 5.74) is 8.67. The van der Waals surface area contributed by atoms with E-state index in [0.29, 0.717) is 6.54 Å². The van der Waals surface area contributed by atoms with Crippen LogP contribution in [-0.2, 0) is 16.6 Å². The second-order valence-electron chi connectivity index (χ2n) is 6.04. The summed E-state index contributed by atoms with van der Waals surface area (Å²) in [7, 11) is 0. The van der Waals surface area contributed by atoms with Crippen LogP contribution in [-0.4, -0.2) is 19.8 Å². The molecule has 1 aliphatic heterocycles. The Morgan fingerprint density at radius 3 is 2.33 bits per heavy atom. The summed E-state index contributed by atoms with van der Waals surface area (Å²) in [6.45, 7) is 6.94. The van der Waals surface area contributed by atoms with Crippen molar-refractivity contribution >= 4 is 0 Å². The van der Waals surface area contributed by atoms with E-state index in [1.807, 2.05) is 0 Å². The summed E-state index contributed by atoms with van der Waals surface area (Å²) in [4.78, 5) is 0. The van der Waals surface area contributed by atoms with E-state index in [0.717, 1.165) is 19.1 Å². The molecule has 18 heavy (non-hydrogen) atoms. The maximum atomic E-state index is 5.81. The Labute approximate surface area is 111 Å². The maximum Gasteiger partial charge on any atom is 0.0468 e. The van der Waals surface area contributed by atoms with Crippen molar-refractivity contribution in [2.24, 2.45) is 11.7 Å². The van der Waals surface area contributed by atoms with Crippen LogP contribution < -0.4 is 5.73 Å². The third kappa shape index (κ3) is 3.33. The van der Waals surface area contributed by atoms with Crippen molar-refractivity contribution in [1.82, 2.24) is 0 Å². The molecule has 1 fully saturated rings. The van der Waals surface area contributed by atoms with Crippen LogP contribution in [0.3, 0.4) is 0 Å². The number of ether oxygens (including phenoxy) is 1. The lowest BCUT2D eigenvalue weighted by Crippen LogP contribution is -2.28. The standard InChI is InChI=1S/C16H25NO/c1-16(2,12-17)15-5-3-13(4-6-15)11-14-7-9-18-10-8-14/h3-6,14H,7-12,17H2,1-2H3. The molecule has 0 radical (unpaired) electrons. The molecule has 0 unspecified atom stereocenters. The second kappa shape index (κ2) is 5.85. The maximum absolute atomic E-state index is 5.81. The Morgan fingerprint density at radius 2 is 1.78 bits per heavy atom. The molecule has 2 rings (SSSR count). The van der Waals surface area contributed by atoms with E-state index in [1.165, 1.54) is 30.4 Å². The molecule has 1 aromatic rings. The first-order valence-electron chi connectivity index (χ1n) is 6.99. The minimum atomic E-state index is 0.0806. The summed E-state index contributed by atoms with van der Waals surface area (Å²) in [6, 6.07) is 9.01. The van der Waals surface area contributed by atoms with Gasteiger partial charge in [-0.2, -0.15) is 0 Å². The van der Waals surface area contributed by atoms with Gasteiger partial charge in [0.25, 0.3) is 0 Å². The minimum absolute atomic E-state index is 0.0806. The van der Waals surface area contributed by atoms with Gasteiger partial charge in [-0.25, -0.2) is 0 Å². The quantitative estimate of drug-likeness (QED) is 0.888. The number of rotatable bonds is 4. The van der Waals surface area contributed by atoms with E-state index in [9.17, 15) is 0 Å². The van der Waals surface area contributed by atoms with Crippen LogP contribution in [0.25, 0.3) is 0 Å². The highest BCUT2D eigenvalue weighted by molar-refractivity contribution is 5.28. The van der Waals surface area contributed by atoms with Crippen molar-refractivity contribution in [3.8, 4) is 0 Å². The molecule has 0 aliphatic carbocycles. The van der Waals surface area contributed by atoms with Gasteiger partial charge in [-0.3, -0.25) is 0 Å². The zero-order valence-corrected chi connectivity index (χ0v) is 11.6. The van der Waals surface area contributed by atoms with Crippen molar-refractivity contribution in [2.45, 2.75) is 38.5 Å². The largest absolute Gasteiger partial charge is 0.381 e. The molecule has 2 heteroatoms. The van der Waals surface area contributed by atoms with Crippen LogP contribution >= 0.6 is 0 Å². The lowest BCUT2D eigenvalue weighted by molar-refractivity contribution is 0.0665. The van der Waals surface area contributed by atoms with E-state index in [1.54, 1.807) is 0 Å². The fourth-order valence-corrected chi connectivity index (χ4v) is 2.49. The van der Waals surface area contributed by atoms with Crippen LogP contribution in [0.2, 0.25) is 0 Å². The third-order valence-corrected chi connectivity index (χ3v) is 4.11. The van der Waals surface area contributed by atoms with Crippen molar-refractivity contribution in [2.75, 3.05) is 19.8 Å². The third-order valence-electron chi connectivity index (χ3n) is 4.11. The van der Waals surface area contributed by atoms with E-state index >= 15 is 0 Å². The molecule has 0 saturated carbocycles. The topological polar surface area (TPSA) is 35.2 Å². The molecule has 100 valence electrons. The van der Waals surface area contributed by atoms with Crippen LogP contribution in [0.1, 0.15) is 37.8 Å². The van der Waals surface area contributed by atoms with Crippen LogP contribution in [0.4, 0.5) is 0 Å². The van der Waals surface area contributed by atoms with Crippen molar-refractivity contribution in [3.05, 3.63) is 35.4 Å². The molecule has 2 nitrogen and oxygen atoms in total. The highest BCUT2D eigenvalue weighted by atomic mass is 16.5. The summed E-state index contributed by atoms with van der Waals surface area (Å²) >= 11 is 0. The summed E-state index contributed by atoms with van der Waals surface area (Å²) in [6.07, 6.45) is 3.60.